The number of hydrogen-bond donors (Lipinski definition) is 3. The zero-order valence-electron chi connectivity index (χ0n) is 13.0. The van der Waals surface area contributed by atoms with E-state index in [2.05, 4.69) is 4.98 Å². The second-order valence-corrected chi connectivity index (χ2v) is 5.35. The van der Waals surface area contributed by atoms with Crippen molar-refractivity contribution in [1.29, 1.82) is 0 Å². The normalized spacial score (nSPS) is 11.2. The molecule has 126 valence electrons. The van der Waals surface area contributed by atoms with E-state index in [1.165, 1.54) is 18.2 Å². The summed E-state index contributed by atoms with van der Waals surface area (Å²) in [6.07, 6.45) is 2.99. The Hall–Kier alpha value is -3.61. The van der Waals surface area contributed by atoms with Gasteiger partial charge < -0.3 is 15.3 Å². The van der Waals surface area contributed by atoms with E-state index in [9.17, 15) is 19.8 Å². The number of benzene rings is 2. The lowest BCUT2D eigenvalue weighted by molar-refractivity contribution is -0.137. The Morgan fingerprint density at radius 1 is 1.08 bits per heavy atom. The number of phenols is 2. The highest BCUT2D eigenvalue weighted by molar-refractivity contribution is 5.79. The molecule has 0 aliphatic heterocycles. The summed E-state index contributed by atoms with van der Waals surface area (Å²) in [5.74, 6) is -1.65. The number of fused-ring (bicyclic) bond motifs is 1. The standard InChI is InChI=1S/C18H14N2O5/c21-15-8-6-11(9-16(15)22)5-7-13-18(25)20(10-17(23)24)14-4-2-1-3-12(14)19-13/h1-9,21-22H,10H2,(H,23,24)/b7-5+. The molecule has 0 bridgehead atoms. The van der Waals surface area contributed by atoms with Gasteiger partial charge >= 0.3 is 5.97 Å². The van der Waals surface area contributed by atoms with Crippen molar-refractivity contribution < 1.29 is 20.1 Å². The maximum absolute atomic E-state index is 12.6. The van der Waals surface area contributed by atoms with Gasteiger partial charge in [0.2, 0.25) is 0 Å². The van der Waals surface area contributed by atoms with E-state index in [0.717, 1.165) is 4.57 Å². The van der Waals surface area contributed by atoms with Gasteiger partial charge in [0.15, 0.2) is 11.5 Å². The Bertz CT molecular complexity index is 1050. The van der Waals surface area contributed by atoms with Gasteiger partial charge in [-0.1, -0.05) is 24.3 Å². The maximum Gasteiger partial charge on any atom is 0.323 e. The summed E-state index contributed by atoms with van der Waals surface area (Å²) < 4.78 is 1.15. The molecule has 1 heterocycles. The number of carboxylic acids is 1. The number of para-hydroxylation sites is 2. The molecule has 2 aromatic carbocycles. The lowest BCUT2D eigenvalue weighted by Crippen LogP contribution is -2.27. The molecule has 7 nitrogen and oxygen atoms in total. The second kappa shape index (κ2) is 6.48. The summed E-state index contributed by atoms with van der Waals surface area (Å²) in [4.78, 5) is 27.9. The minimum Gasteiger partial charge on any atom is -0.504 e. The van der Waals surface area contributed by atoms with Crippen molar-refractivity contribution in [3.05, 3.63) is 64.1 Å². The monoisotopic (exact) mass is 338 g/mol. The highest BCUT2D eigenvalue weighted by atomic mass is 16.4. The molecule has 0 aliphatic rings. The fourth-order valence-electron chi connectivity index (χ4n) is 2.43. The Kier molecular flexibility index (Phi) is 4.21. The summed E-state index contributed by atoms with van der Waals surface area (Å²) in [5.41, 5.74) is 1.04. The maximum atomic E-state index is 12.6. The molecule has 0 amide bonds. The third-order valence-corrected chi connectivity index (χ3v) is 3.60. The minimum absolute atomic E-state index is 0.0764. The third-order valence-electron chi connectivity index (χ3n) is 3.60. The van der Waals surface area contributed by atoms with Crippen LogP contribution in [0.3, 0.4) is 0 Å². The van der Waals surface area contributed by atoms with Crippen molar-refractivity contribution in [1.82, 2.24) is 9.55 Å². The van der Waals surface area contributed by atoms with Crippen molar-refractivity contribution in [2.45, 2.75) is 6.54 Å². The summed E-state index contributed by atoms with van der Waals surface area (Å²) in [6, 6.07) is 11.0. The molecular formula is C18H14N2O5. The van der Waals surface area contributed by atoms with E-state index >= 15 is 0 Å². The van der Waals surface area contributed by atoms with Crippen molar-refractivity contribution >= 4 is 29.2 Å². The summed E-state index contributed by atoms with van der Waals surface area (Å²) in [7, 11) is 0. The molecule has 3 rings (SSSR count). The van der Waals surface area contributed by atoms with Crippen molar-refractivity contribution in [2.24, 2.45) is 0 Å². The molecule has 0 saturated heterocycles. The molecule has 0 radical (unpaired) electrons. The van der Waals surface area contributed by atoms with Gasteiger partial charge in [0, 0.05) is 0 Å². The van der Waals surface area contributed by atoms with E-state index in [1.807, 2.05) is 0 Å². The number of carbonyl (C=O) groups is 1. The number of aromatic nitrogens is 2. The Balaban J connectivity index is 2.11. The van der Waals surface area contributed by atoms with Crippen LogP contribution in [0.5, 0.6) is 11.5 Å². The number of aromatic hydroxyl groups is 2. The van der Waals surface area contributed by atoms with Gasteiger partial charge in [0.05, 0.1) is 11.0 Å². The predicted molar refractivity (Wildman–Crippen MR) is 92.3 cm³/mol. The number of rotatable bonds is 4. The molecule has 0 atom stereocenters. The molecule has 3 aromatic rings. The lowest BCUT2D eigenvalue weighted by atomic mass is 10.1. The van der Waals surface area contributed by atoms with Crippen LogP contribution in [0.2, 0.25) is 0 Å². The van der Waals surface area contributed by atoms with Crippen LogP contribution in [-0.4, -0.2) is 30.8 Å². The molecule has 25 heavy (non-hydrogen) atoms. The molecule has 0 fully saturated rings. The fraction of sp³-hybridized carbons (Fsp3) is 0.0556. The largest absolute Gasteiger partial charge is 0.504 e. The van der Waals surface area contributed by atoms with E-state index < -0.39 is 18.1 Å². The number of carboxylic acid groups (broad SMARTS) is 1. The first-order valence-corrected chi connectivity index (χ1v) is 7.37. The average Bonchev–Trinajstić information content (AvgIpc) is 2.58. The smallest absolute Gasteiger partial charge is 0.323 e. The fourth-order valence-corrected chi connectivity index (χ4v) is 2.43. The van der Waals surface area contributed by atoms with Crippen LogP contribution >= 0.6 is 0 Å². The zero-order chi connectivity index (χ0) is 18.0. The highest BCUT2D eigenvalue weighted by Crippen LogP contribution is 2.25. The van der Waals surface area contributed by atoms with Gasteiger partial charge in [-0.25, -0.2) is 4.98 Å². The van der Waals surface area contributed by atoms with Crippen LogP contribution in [-0.2, 0) is 11.3 Å². The van der Waals surface area contributed by atoms with E-state index in [0.29, 0.717) is 16.6 Å². The van der Waals surface area contributed by atoms with Crippen LogP contribution in [0, 0.1) is 0 Å². The van der Waals surface area contributed by atoms with Gasteiger partial charge in [-0.05, 0) is 35.9 Å². The number of hydrogen-bond acceptors (Lipinski definition) is 5. The number of aliphatic carboxylic acids is 1. The lowest BCUT2D eigenvalue weighted by Gasteiger charge is -2.08. The van der Waals surface area contributed by atoms with Gasteiger partial charge in [0.25, 0.3) is 5.56 Å². The predicted octanol–water partition coefficient (Wildman–Crippen LogP) is 2.06. The van der Waals surface area contributed by atoms with Crippen LogP contribution in [0.25, 0.3) is 23.2 Å². The van der Waals surface area contributed by atoms with Crippen molar-refractivity contribution in [2.75, 3.05) is 0 Å². The van der Waals surface area contributed by atoms with E-state index in [1.54, 1.807) is 36.4 Å². The second-order valence-electron chi connectivity index (χ2n) is 5.35. The van der Waals surface area contributed by atoms with E-state index in [4.69, 9.17) is 5.11 Å². The van der Waals surface area contributed by atoms with Gasteiger partial charge in [-0.2, -0.15) is 0 Å². The first-order chi connectivity index (χ1) is 12.0. The minimum atomic E-state index is -1.13. The molecule has 0 spiro atoms. The Morgan fingerprint density at radius 3 is 2.56 bits per heavy atom. The molecular weight excluding hydrogens is 324 g/mol. The molecule has 3 N–H and O–H groups in total. The van der Waals surface area contributed by atoms with Crippen LogP contribution in [0.15, 0.2) is 47.3 Å². The highest BCUT2D eigenvalue weighted by Gasteiger charge is 2.11. The first-order valence-electron chi connectivity index (χ1n) is 7.37. The molecule has 1 aromatic heterocycles. The Labute approximate surface area is 141 Å². The number of phenolic OH excluding ortho intramolecular Hbond substituents is 2. The van der Waals surface area contributed by atoms with Crippen LogP contribution < -0.4 is 5.56 Å². The van der Waals surface area contributed by atoms with Crippen LogP contribution in [0.1, 0.15) is 11.3 Å². The first kappa shape index (κ1) is 16.3. The quantitative estimate of drug-likeness (QED) is 0.628. The molecule has 7 heteroatoms. The molecule has 0 aliphatic carbocycles. The molecule has 0 unspecified atom stereocenters. The summed E-state index contributed by atoms with van der Waals surface area (Å²) >= 11 is 0. The van der Waals surface area contributed by atoms with Gasteiger partial charge in [0.1, 0.15) is 12.2 Å². The van der Waals surface area contributed by atoms with Gasteiger partial charge in [-0.15, -0.1) is 0 Å². The van der Waals surface area contributed by atoms with Crippen LogP contribution in [0.4, 0.5) is 0 Å². The third kappa shape index (κ3) is 3.35. The number of nitrogens with zero attached hydrogens (tertiary/aromatic N) is 2. The van der Waals surface area contributed by atoms with Crippen molar-refractivity contribution in [3.8, 4) is 11.5 Å². The van der Waals surface area contributed by atoms with Crippen molar-refractivity contribution in [3.63, 3.8) is 0 Å². The average molecular weight is 338 g/mol. The molecule has 0 saturated carbocycles. The Morgan fingerprint density at radius 2 is 1.84 bits per heavy atom. The van der Waals surface area contributed by atoms with Gasteiger partial charge in [-0.3, -0.25) is 14.2 Å². The topological polar surface area (TPSA) is 113 Å². The summed E-state index contributed by atoms with van der Waals surface area (Å²) in [6.45, 7) is -0.470. The van der Waals surface area contributed by atoms with E-state index in [-0.39, 0.29) is 17.2 Å². The SMILES string of the molecule is O=C(O)Cn1c(=O)c(/C=C/c2ccc(O)c(O)c2)nc2ccccc21. The zero-order valence-corrected chi connectivity index (χ0v) is 13.0. The summed E-state index contributed by atoms with van der Waals surface area (Å²) in [5, 5.41) is 27.9.